The van der Waals surface area contributed by atoms with Gasteiger partial charge in [-0.25, -0.2) is 8.78 Å². The molecule has 1 aliphatic carbocycles. The molecule has 0 spiro atoms. The number of aromatic nitrogens is 4. The first kappa shape index (κ1) is 21.8. The topological polar surface area (TPSA) is 59.0 Å². The summed E-state index contributed by atoms with van der Waals surface area (Å²) in [4.78, 5) is 3.95. The Balaban J connectivity index is 1.20. The Kier molecular flexibility index (Phi) is 5.06. The van der Waals surface area contributed by atoms with E-state index in [1.807, 2.05) is 24.0 Å². The summed E-state index contributed by atoms with van der Waals surface area (Å²) in [6.45, 7) is 3.09. The third kappa shape index (κ3) is 3.42. The van der Waals surface area contributed by atoms with Crippen molar-refractivity contribution in [1.29, 1.82) is 0 Å². The maximum atomic E-state index is 15.2. The van der Waals surface area contributed by atoms with Crippen molar-refractivity contribution in [2.24, 2.45) is 7.05 Å². The van der Waals surface area contributed by atoms with Gasteiger partial charge in [-0.3, -0.25) is 14.7 Å². The van der Waals surface area contributed by atoms with Gasteiger partial charge < -0.3 is 4.74 Å². The molecule has 4 heterocycles. The van der Waals surface area contributed by atoms with Gasteiger partial charge in [-0.1, -0.05) is 24.3 Å². The molecule has 3 aromatic heterocycles. The molecule has 9 heteroatoms. The fourth-order valence-corrected chi connectivity index (χ4v) is 6.45. The summed E-state index contributed by atoms with van der Waals surface area (Å²) < 4.78 is 37.4. The molecule has 0 saturated carbocycles. The Morgan fingerprint density at radius 1 is 1.06 bits per heavy atom. The van der Waals surface area contributed by atoms with Crippen LogP contribution in [-0.4, -0.2) is 51.2 Å². The maximum absolute atomic E-state index is 15.2. The molecular weight excluding hydrogens is 480 g/mol. The van der Waals surface area contributed by atoms with Crippen LogP contribution >= 0.6 is 11.3 Å². The molecule has 0 radical (unpaired) electrons. The number of aromatic amines is 1. The Morgan fingerprint density at radius 2 is 1.92 bits per heavy atom. The van der Waals surface area contributed by atoms with Crippen LogP contribution in [0.2, 0.25) is 0 Å². The molecule has 1 aliphatic heterocycles. The molecule has 1 fully saturated rings. The predicted molar refractivity (Wildman–Crippen MR) is 136 cm³/mol. The van der Waals surface area contributed by atoms with Crippen molar-refractivity contribution in [2.45, 2.75) is 13.0 Å². The lowest BCUT2D eigenvalue weighted by Gasteiger charge is -2.26. The lowest BCUT2D eigenvalue weighted by Crippen LogP contribution is -2.35. The quantitative estimate of drug-likeness (QED) is 0.351. The van der Waals surface area contributed by atoms with E-state index < -0.39 is 11.6 Å². The van der Waals surface area contributed by atoms with Crippen LogP contribution in [0, 0.1) is 11.6 Å². The summed E-state index contributed by atoms with van der Waals surface area (Å²) in [5, 5.41) is 13.2. The molecule has 2 aromatic carbocycles. The SMILES string of the molecule is Cn1ncc2ccc(-c3n[nH]c4c3Cc3sc(-c5ccc(CN6CCOCC6)c(F)c5F)cc3-4)cc21. The number of thiophene rings is 1. The molecule has 2 aliphatic rings. The number of nitrogens with zero attached hydrogens (tertiary/aromatic N) is 4. The first-order valence-electron chi connectivity index (χ1n) is 12.0. The van der Waals surface area contributed by atoms with Crippen LogP contribution in [-0.2, 0) is 24.8 Å². The van der Waals surface area contributed by atoms with Crippen LogP contribution in [0.5, 0.6) is 0 Å². The second-order valence-electron chi connectivity index (χ2n) is 9.38. The molecule has 0 bridgehead atoms. The van der Waals surface area contributed by atoms with Crippen molar-refractivity contribution in [2.75, 3.05) is 26.3 Å². The molecule has 0 atom stereocenters. The third-order valence-corrected chi connectivity index (χ3v) is 8.40. The molecule has 7 rings (SSSR count). The van der Waals surface area contributed by atoms with E-state index in [1.165, 1.54) is 11.3 Å². The van der Waals surface area contributed by atoms with E-state index in [2.05, 4.69) is 38.4 Å². The van der Waals surface area contributed by atoms with Gasteiger partial charge in [0, 0.05) is 76.1 Å². The Labute approximate surface area is 210 Å². The fourth-order valence-electron chi connectivity index (χ4n) is 5.26. The van der Waals surface area contributed by atoms with E-state index in [-0.39, 0.29) is 0 Å². The predicted octanol–water partition coefficient (Wildman–Crippen LogP) is 5.37. The van der Waals surface area contributed by atoms with Crippen LogP contribution in [0.25, 0.3) is 43.9 Å². The number of aryl methyl sites for hydroxylation is 1. The molecule has 6 nitrogen and oxygen atoms in total. The van der Waals surface area contributed by atoms with Crippen LogP contribution in [0.15, 0.2) is 42.6 Å². The van der Waals surface area contributed by atoms with Crippen molar-refractivity contribution in [1.82, 2.24) is 24.9 Å². The molecular formula is C27H23F2N5OS. The summed E-state index contributed by atoms with van der Waals surface area (Å²) in [6.07, 6.45) is 2.56. The number of nitrogens with one attached hydrogen (secondary N) is 1. The van der Waals surface area contributed by atoms with E-state index in [0.717, 1.165) is 61.8 Å². The minimum absolute atomic E-state index is 0.306. The number of halogens is 2. The standard InChI is InChI=1S/C27H23F2N5OS/c1-33-21-10-15(2-3-16(21)13-30-33)26-20-12-23-19(27(20)32-31-26)11-22(36-23)18-5-4-17(24(28)25(18)29)14-34-6-8-35-9-7-34/h2-5,10-11,13H,6-9,12,14H2,1H3,(H,31,32). The summed E-state index contributed by atoms with van der Waals surface area (Å²) in [7, 11) is 1.93. The second-order valence-corrected chi connectivity index (χ2v) is 10.5. The number of benzene rings is 2. The number of hydrogen-bond donors (Lipinski definition) is 1. The summed E-state index contributed by atoms with van der Waals surface area (Å²) in [5.74, 6) is -1.54. The lowest BCUT2D eigenvalue weighted by atomic mass is 10.0. The molecule has 1 saturated heterocycles. The first-order valence-corrected chi connectivity index (χ1v) is 12.8. The van der Waals surface area contributed by atoms with Gasteiger partial charge in [0.1, 0.15) is 0 Å². The van der Waals surface area contributed by atoms with Gasteiger partial charge >= 0.3 is 0 Å². The maximum Gasteiger partial charge on any atom is 0.167 e. The number of fused-ring (bicyclic) bond motifs is 4. The molecule has 36 heavy (non-hydrogen) atoms. The Hall–Kier alpha value is -3.40. The average molecular weight is 504 g/mol. The van der Waals surface area contributed by atoms with Gasteiger partial charge in [0.15, 0.2) is 11.6 Å². The van der Waals surface area contributed by atoms with E-state index in [4.69, 9.17) is 4.74 Å². The molecule has 0 unspecified atom stereocenters. The van der Waals surface area contributed by atoms with Crippen molar-refractivity contribution in [3.05, 3.63) is 70.2 Å². The van der Waals surface area contributed by atoms with E-state index in [1.54, 1.807) is 12.1 Å². The second kappa shape index (κ2) is 8.33. The fraction of sp³-hybridized carbons (Fsp3) is 0.259. The van der Waals surface area contributed by atoms with E-state index >= 15 is 8.78 Å². The minimum atomic E-state index is -0.782. The number of morpholine rings is 1. The number of ether oxygens (including phenoxy) is 1. The van der Waals surface area contributed by atoms with Crippen molar-refractivity contribution < 1.29 is 13.5 Å². The Bertz CT molecular complexity index is 1630. The number of H-pyrrole nitrogens is 1. The van der Waals surface area contributed by atoms with Gasteiger partial charge in [0.05, 0.1) is 36.3 Å². The normalized spacial score (nSPS) is 15.5. The minimum Gasteiger partial charge on any atom is -0.379 e. The van der Waals surface area contributed by atoms with Crippen molar-refractivity contribution in [3.8, 4) is 33.0 Å². The summed E-state index contributed by atoms with van der Waals surface area (Å²) in [5.41, 5.74) is 6.80. The summed E-state index contributed by atoms with van der Waals surface area (Å²) in [6, 6.07) is 11.6. The van der Waals surface area contributed by atoms with Crippen LogP contribution in [0.3, 0.4) is 0 Å². The van der Waals surface area contributed by atoms with Crippen LogP contribution in [0.4, 0.5) is 8.78 Å². The third-order valence-electron chi connectivity index (χ3n) is 7.23. The number of rotatable bonds is 4. The lowest BCUT2D eigenvalue weighted by molar-refractivity contribution is 0.0336. The van der Waals surface area contributed by atoms with Gasteiger partial charge in [-0.05, 0) is 12.1 Å². The molecule has 1 N–H and O–H groups in total. The highest BCUT2D eigenvalue weighted by Crippen LogP contribution is 2.47. The van der Waals surface area contributed by atoms with Gasteiger partial charge in [0.25, 0.3) is 0 Å². The van der Waals surface area contributed by atoms with E-state index in [0.29, 0.717) is 37.3 Å². The van der Waals surface area contributed by atoms with Crippen LogP contribution in [0.1, 0.15) is 16.0 Å². The van der Waals surface area contributed by atoms with Crippen molar-refractivity contribution in [3.63, 3.8) is 0 Å². The smallest absolute Gasteiger partial charge is 0.167 e. The zero-order valence-electron chi connectivity index (χ0n) is 19.6. The highest BCUT2D eigenvalue weighted by Gasteiger charge is 2.29. The Morgan fingerprint density at radius 3 is 2.78 bits per heavy atom. The first-order chi connectivity index (χ1) is 17.6. The summed E-state index contributed by atoms with van der Waals surface area (Å²) >= 11 is 1.52. The average Bonchev–Trinajstić information content (AvgIpc) is 3.64. The van der Waals surface area contributed by atoms with Crippen LogP contribution < -0.4 is 0 Å². The zero-order valence-corrected chi connectivity index (χ0v) is 20.5. The van der Waals surface area contributed by atoms with Gasteiger partial charge in [-0.15, -0.1) is 11.3 Å². The van der Waals surface area contributed by atoms with Gasteiger partial charge in [-0.2, -0.15) is 10.2 Å². The molecule has 5 aromatic rings. The van der Waals surface area contributed by atoms with E-state index in [9.17, 15) is 0 Å². The zero-order chi connectivity index (χ0) is 24.4. The highest BCUT2D eigenvalue weighted by atomic mass is 32.1. The molecule has 182 valence electrons. The largest absolute Gasteiger partial charge is 0.379 e. The van der Waals surface area contributed by atoms with Crippen molar-refractivity contribution >= 4 is 22.2 Å². The molecule has 0 amide bonds. The number of hydrogen-bond acceptors (Lipinski definition) is 5. The monoisotopic (exact) mass is 503 g/mol. The highest BCUT2D eigenvalue weighted by molar-refractivity contribution is 7.16. The van der Waals surface area contributed by atoms with Gasteiger partial charge in [0.2, 0.25) is 0 Å².